The van der Waals surface area contributed by atoms with Crippen LogP contribution in [0.2, 0.25) is 5.02 Å². The van der Waals surface area contributed by atoms with E-state index in [2.05, 4.69) is 0 Å². The Balaban J connectivity index is 1.75. The lowest BCUT2D eigenvalue weighted by Gasteiger charge is -2.33. The quantitative estimate of drug-likeness (QED) is 0.235. The first-order valence-electron chi connectivity index (χ1n) is 11.5. The molecule has 1 fully saturated rings. The molecule has 2 heterocycles. The number of pyridine rings is 1. The first-order chi connectivity index (χ1) is 17.4. The summed E-state index contributed by atoms with van der Waals surface area (Å²) in [5, 5.41) is -0.0681. The average molecular weight is 562 g/mol. The third-order valence-corrected chi connectivity index (χ3v) is 7.54. The second-order valence-electron chi connectivity index (χ2n) is 8.82. The summed E-state index contributed by atoms with van der Waals surface area (Å²) in [6, 6.07) is 7.42. The second-order valence-corrected chi connectivity index (χ2v) is 10.8. The highest BCUT2D eigenvalue weighted by Crippen LogP contribution is 2.57. The number of carbonyl (C=O) groups excluding carboxylic acids is 1. The van der Waals surface area contributed by atoms with E-state index in [-0.39, 0.29) is 24.8 Å². The SMILES string of the molecule is COC(COP1(=O)OCCC(c2ccc(F)c(Cl)c2)O1)[C@H](C[n+]1cccc(C(N)=O)c1)OC(C)(C)OC. The number of benzene rings is 1. The summed E-state index contributed by atoms with van der Waals surface area (Å²) in [7, 11) is -1.05. The van der Waals surface area contributed by atoms with E-state index in [9.17, 15) is 13.8 Å². The van der Waals surface area contributed by atoms with Gasteiger partial charge in [-0.1, -0.05) is 17.7 Å². The average Bonchev–Trinajstić information content (AvgIpc) is 2.86. The number of phosphoric ester groups is 1. The maximum Gasteiger partial charge on any atom is 0.475 e. The minimum Gasteiger partial charge on any atom is -0.376 e. The number of rotatable bonds is 12. The van der Waals surface area contributed by atoms with Crippen LogP contribution in [0.25, 0.3) is 0 Å². The van der Waals surface area contributed by atoms with E-state index < -0.39 is 43.6 Å². The highest BCUT2D eigenvalue weighted by atomic mass is 35.5. The van der Waals surface area contributed by atoms with Crippen LogP contribution in [0.1, 0.15) is 42.3 Å². The lowest BCUT2D eigenvalue weighted by atomic mass is 10.1. The molecule has 0 radical (unpaired) electrons. The zero-order valence-electron chi connectivity index (χ0n) is 21.1. The molecule has 2 N–H and O–H groups in total. The summed E-state index contributed by atoms with van der Waals surface area (Å²) in [5.74, 6) is -2.14. The number of amides is 1. The number of carbonyl (C=O) groups is 1. The second kappa shape index (κ2) is 12.7. The largest absolute Gasteiger partial charge is 0.475 e. The molecular weight excluding hydrogens is 530 g/mol. The number of halogens is 2. The summed E-state index contributed by atoms with van der Waals surface area (Å²) in [5.41, 5.74) is 6.27. The van der Waals surface area contributed by atoms with Crippen LogP contribution in [0.4, 0.5) is 4.39 Å². The number of nitrogens with two attached hydrogens (primary N) is 1. The third kappa shape index (κ3) is 8.27. The Labute approximate surface area is 220 Å². The Morgan fingerprint density at radius 3 is 2.73 bits per heavy atom. The minimum atomic E-state index is -4.00. The standard InChI is InChI=1S/C24H31ClFN2O8P/c1-24(2,32-4)35-21(14-28-10-5-6-17(13-28)23(27)29)22(31-3)15-34-37(30)33-11-9-20(36-37)16-7-8-19(26)18(25)12-16/h5-8,10,12-13,20-22H,9,11,14-15H2,1-4H3,(H-,27,29)/p+1/t20?,21-,22?,37?/m0/s1. The maximum absolute atomic E-state index is 13.6. The lowest BCUT2D eigenvalue weighted by Crippen LogP contribution is -2.51. The van der Waals surface area contributed by atoms with Crippen LogP contribution in [-0.4, -0.2) is 51.3 Å². The first kappa shape index (κ1) is 29.6. The Bertz CT molecular complexity index is 1140. The van der Waals surface area contributed by atoms with Gasteiger partial charge in [-0.25, -0.2) is 13.5 Å². The van der Waals surface area contributed by atoms with E-state index in [1.165, 1.54) is 32.4 Å². The molecule has 0 spiro atoms. The number of methoxy groups -OCH3 is 2. The molecule has 1 aromatic carbocycles. The van der Waals surface area contributed by atoms with E-state index in [0.29, 0.717) is 17.5 Å². The topological polar surface area (TPSA) is 119 Å². The fourth-order valence-electron chi connectivity index (χ4n) is 3.64. The normalized spacial score (nSPS) is 21.9. The molecule has 3 rings (SSSR count). The van der Waals surface area contributed by atoms with Gasteiger partial charge in [0.05, 0.1) is 24.3 Å². The van der Waals surface area contributed by atoms with Crippen molar-refractivity contribution in [1.82, 2.24) is 0 Å². The molecule has 204 valence electrons. The highest BCUT2D eigenvalue weighted by Gasteiger charge is 2.39. The molecule has 0 aliphatic carbocycles. The van der Waals surface area contributed by atoms with E-state index in [4.69, 9.17) is 45.1 Å². The summed E-state index contributed by atoms with van der Waals surface area (Å²) in [6.07, 6.45) is 1.60. The predicted octanol–water partition coefficient (Wildman–Crippen LogP) is 3.95. The van der Waals surface area contributed by atoms with Crippen molar-refractivity contribution in [3.8, 4) is 0 Å². The van der Waals surface area contributed by atoms with Gasteiger partial charge in [-0.15, -0.1) is 0 Å². The lowest BCUT2D eigenvalue weighted by molar-refractivity contribution is -0.706. The van der Waals surface area contributed by atoms with Gasteiger partial charge in [0, 0.05) is 26.7 Å². The molecule has 37 heavy (non-hydrogen) atoms. The van der Waals surface area contributed by atoms with Gasteiger partial charge in [0.2, 0.25) is 0 Å². The molecule has 1 aliphatic rings. The van der Waals surface area contributed by atoms with Crippen molar-refractivity contribution in [2.45, 2.75) is 50.9 Å². The van der Waals surface area contributed by atoms with Crippen molar-refractivity contribution in [2.75, 3.05) is 27.4 Å². The molecule has 2 aromatic rings. The summed E-state index contributed by atoms with van der Waals surface area (Å²) in [4.78, 5) is 11.6. The Morgan fingerprint density at radius 1 is 1.32 bits per heavy atom. The molecule has 1 saturated heterocycles. The number of phosphoric acid groups is 1. The van der Waals surface area contributed by atoms with Gasteiger partial charge in [0.15, 0.2) is 24.7 Å². The number of hydrogen-bond acceptors (Lipinski definition) is 8. The van der Waals surface area contributed by atoms with Crippen LogP contribution >= 0.6 is 19.4 Å². The monoisotopic (exact) mass is 561 g/mol. The van der Waals surface area contributed by atoms with Crippen LogP contribution in [0, 0.1) is 5.82 Å². The van der Waals surface area contributed by atoms with Crippen LogP contribution in [0.3, 0.4) is 0 Å². The minimum absolute atomic E-state index is 0.0681. The van der Waals surface area contributed by atoms with Gasteiger partial charge in [-0.2, -0.15) is 0 Å². The Hall–Kier alpha value is -1.95. The summed E-state index contributed by atoms with van der Waals surface area (Å²) in [6.45, 7) is 3.56. The van der Waals surface area contributed by atoms with Crippen LogP contribution in [0.15, 0.2) is 42.7 Å². The zero-order valence-corrected chi connectivity index (χ0v) is 22.7. The van der Waals surface area contributed by atoms with Gasteiger partial charge in [0.1, 0.15) is 23.6 Å². The van der Waals surface area contributed by atoms with Gasteiger partial charge in [-0.3, -0.25) is 18.4 Å². The first-order valence-corrected chi connectivity index (χ1v) is 13.4. The van der Waals surface area contributed by atoms with Gasteiger partial charge in [-0.05, 0) is 37.6 Å². The molecule has 1 aromatic heterocycles. The number of hydrogen-bond donors (Lipinski definition) is 1. The van der Waals surface area contributed by atoms with Crippen molar-refractivity contribution in [3.05, 3.63) is 64.7 Å². The Morgan fingerprint density at radius 2 is 2.08 bits per heavy atom. The van der Waals surface area contributed by atoms with Gasteiger partial charge < -0.3 is 19.9 Å². The fourth-order valence-corrected chi connectivity index (χ4v) is 5.23. The van der Waals surface area contributed by atoms with E-state index in [0.717, 1.165) is 0 Å². The van der Waals surface area contributed by atoms with Crippen molar-refractivity contribution in [3.63, 3.8) is 0 Å². The molecule has 0 saturated carbocycles. The fraction of sp³-hybridized carbons (Fsp3) is 0.500. The van der Waals surface area contributed by atoms with Crippen molar-refractivity contribution >= 4 is 25.3 Å². The van der Waals surface area contributed by atoms with Crippen molar-refractivity contribution in [1.29, 1.82) is 0 Å². The zero-order chi connectivity index (χ0) is 27.2. The maximum atomic E-state index is 13.6. The molecule has 13 heteroatoms. The van der Waals surface area contributed by atoms with Gasteiger partial charge >= 0.3 is 7.82 Å². The molecule has 1 aliphatic heterocycles. The highest BCUT2D eigenvalue weighted by molar-refractivity contribution is 7.48. The van der Waals surface area contributed by atoms with E-state index in [1.807, 2.05) is 0 Å². The number of nitrogens with zero attached hydrogens (tertiary/aromatic N) is 1. The summed E-state index contributed by atoms with van der Waals surface area (Å²) < 4.78 is 62.4. The van der Waals surface area contributed by atoms with Gasteiger partial charge in [0.25, 0.3) is 5.91 Å². The van der Waals surface area contributed by atoms with Crippen molar-refractivity contribution < 1.29 is 46.1 Å². The van der Waals surface area contributed by atoms with Crippen LogP contribution < -0.4 is 10.3 Å². The Kier molecular flexibility index (Phi) is 10.2. The molecule has 3 unspecified atom stereocenters. The number of ether oxygens (including phenoxy) is 3. The van der Waals surface area contributed by atoms with Crippen LogP contribution in [-0.2, 0) is 38.9 Å². The molecule has 4 atom stereocenters. The molecular formula is C24H32ClFN2O8P+. The third-order valence-electron chi connectivity index (χ3n) is 5.78. The van der Waals surface area contributed by atoms with E-state index in [1.54, 1.807) is 42.9 Å². The summed E-state index contributed by atoms with van der Waals surface area (Å²) >= 11 is 5.89. The molecule has 1 amide bonds. The smallest absolute Gasteiger partial charge is 0.376 e. The van der Waals surface area contributed by atoms with Crippen LogP contribution in [0.5, 0.6) is 0 Å². The number of aromatic nitrogens is 1. The number of primary amides is 1. The van der Waals surface area contributed by atoms with Crippen molar-refractivity contribution in [2.24, 2.45) is 5.73 Å². The molecule has 10 nitrogen and oxygen atoms in total. The van der Waals surface area contributed by atoms with E-state index >= 15 is 0 Å². The molecule has 0 bridgehead atoms. The predicted molar refractivity (Wildman–Crippen MR) is 131 cm³/mol.